The van der Waals surface area contributed by atoms with Crippen LogP contribution in [0.1, 0.15) is 19.4 Å². The minimum atomic E-state index is -3.17. The molecule has 0 fully saturated rings. The standard InChI is InChI=1S/C12H18BrNO2S/c1-12(2,8-14-3)9-5-6-11(10(13)7-9)17(4,15)16/h5-7,14H,8H2,1-4H3. The van der Waals surface area contributed by atoms with Gasteiger partial charge in [-0.2, -0.15) is 0 Å². The fourth-order valence-electron chi connectivity index (χ4n) is 1.77. The second-order valence-corrected chi connectivity index (χ2v) is 7.67. The molecule has 17 heavy (non-hydrogen) atoms. The highest BCUT2D eigenvalue weighted by atomic mass is 79.9. The fraction of sp³-hybridized carbons (Fsp3) is 0.500. The van der Waals surface area contributed by atoms with E-state index >= 15 is 0 Å². The highest BCUT2D eigenvalue weighted by Crippen LogP contribution is 2.29. The van der Waals surface area contributed by atoms with Gasteiger partial charge in [-0.05, 0) is 40.7 Å². The summed E-state index contributed by atoms with van der Waals surface area (Å²) in [6, 6.07) is 5.42. The van der Waals surface area contributed by atoms with E-state index in [1.807, 2.05) is 19.2 Å². The first kappa shape index (κ1) is 14.7. The Balaban J connectivity index is 3.22. The van der Waals surface area contributed by atoms with Gasteiger partial charge in [0.15, 0.2) is 9.84 Å². The third-order valence-electron chi connectivity index (χ3n) is 2.73. The highest BCUT2D eigenvalue weighted by molar-refractivity contribution is 9.10. The summed E-state index contributed by atoms with van der Waals surface area (Å²) in [6.45, 7) is 5.06. The zero-order valence-corrected chi connectivity index (χ0v) is 12.9. The molecule has 0 saturated heterocycles. The third kappa shape index (κ3) is 3.53. The highest BCUT2D eigenvalue weighted by Gasteiger charge is 2.21. The van der Waals surface area contributed by atoms with E-state index in [-0.39, 0.29) is 5.41 Å². The molecule has 0 atom stereocenters. The predicted octanol–water partition coefficient (Wildman–Crippen LogP) is 2.35. The van der Waals surface area contributed by atoms with E-state index in [0.717, 1.165) is 12.1 Å². The molecular weight excluding hydrogens is 302 g/mol. The molecule has 5 heteroatoms. The van der Waals surface area contributed by atoms with Crippen molar-refractivity contribution in [1.29, 1.82) is 0 Å². The van der Waals surface area contributed by atoms with Crippen LogP contribution in [0, 0.1) is 0 Å². The molecule has 0 unspecified atom stereocenters. The Bertz CT molecular complexity index is 509. The molecule has 0 heterocycles. The van der Waals surface area contributed by atoms with Crippen LogP contribution in [0.25, 0.3) is 0 Å². The lowest BCUT2D eigenvalue weighted by Gasteiger charge is -2.25. The largest absolute Gasteiger partial charge is 0.319 e. The van der Waals surface area contributed by atoms with Crippen molar-refractivity contribution in [2.24, 2.45) is 0 Å². The van der Waals surface area contributed by atoms with Crippen molar-refractivity contribution in [2.45, 2.75) is 24.2 Å². The van der Waals surface area contributed by atoms with Gasteiger partial charge in [-0.25, -0.2) is 8.42 Å². The van der Waals surface area contributed by atoms with Crippen molar-refractivity contribution in [1.82, 2.24) is 5.32 Å². The Labute approximate surface area is 112 Å². The average Bonchev–Trinajstić information content (AvgIpc) is 2.15. The van der Waals surface area contributed by atoms with Gasteiger partial charge in [-0.1, -0.05) is 19.9 Å². The number of likely N-dealkylation sites (N-methyl/N-ethyl adjacent to an activating group) is 1. The van der Waals surface area contributed by atoms with Crippen LogP contribution in [0.5, 0.6) is 0 Å². The number of halogens is 1. The quantitative estimate of drug-likeness (QED) is 0.926. The number of hydrogen-bond acceptors (Lipinski definition) is 3. The second-order valence-electron chi connectivity index (χ2n) is 4.83. The zero-order chi connectivity index (χ0) is 13.3. The van der Waals surface area contributed by atoms with E-state index in [4.69, 9.17) is 0 Å². The van der Waals surface area contributed by atoms with Crippen LogP contribution in [-0.2, 0) is 15.3 Å². The first-order chi connectivity index (χ1) is 7.68. The zero-order valence-electron chi connectivity index (χ0n) is 10.5. The van der Waals surface area contributed by atoms with Crippen molar-refractivity contribution >= 4 is 25.8 Å². The number of nitrogens with one attached hydrogen (secondary N) is 1. The monoisotopic (exact) mass is 319 g/mol. The van der Waals surface area contributed by atoms with Crippen LogP contribution in [-0.4, -0.2) is 28.3 Å². The smallest absolute Gasteiger partial charge is 0.176 e. The van der Waals surface area contributed by atoms with E-state index < -0.39 is 9.84 Å². The lowest BCUT2D eigenvalue weighted by molar-refractivity contribution is 0.493. The lowest BCUT2D eigenvalue weighted by Crippen LogP contribution is -2.30. The van der Waals surface area contributed by atoms with E-state index in [1.165, 1.54) is 6.26 Å². The van der Waals surface area contributed by atoms with Crippen LogP contribution in [0.2, 0.25) is 0 Å². The Morgan fingerprint density at radius 2 is 1.94 bits per heavy atom. The van der Waals surface area contributed by atoms with Gasteiger partial charge in [0, 0.05) is 22.7 Å². The summed E-state index contributed by atoms with van der Waals surface area (Å²) in [6.07, 6.45) is 1.21. The van der Waals surface area contributed by atoms with Crippen molar-refractivity contribution in [3.63, 3.8) is 0 Å². The van der Waals surface area contributed by atoms with Gasteiger partial charge in [0.2, 0.25) is 0 Å². The summed E-state index contributed by atoms with van der Waals surface area (Å²) < 4.78 is 23.6. The van der Waals surface area contributed by atoms with Crippen molar-refractivity contribution in [3.8, 4) is 0 Å². The molecule has 0 aliphatic heterocycles. The summed E-state index contributed by atoms with van der Waals surface area (Å²) in [5.41, 5.74) is 1.07. The predicted molar refractivity (Wildman–Crippen MR) is 74.2 cm³/mol. The van der Waals surface area contributed by atoms with Crippen LogP contribution < -0.4 is 5.32 Å². The molecule has 0 bridgehead atoms. The average molecular weight is 320 g/mol. The minimum absolute atomic E-state index is 0.0344. The number of benzene rings is 1. The Morgan fingerprint density at radius 3 is 2.35 bits per heavy atom. The summed E-state index contributed by atoms with van der Waals surface area (Å²) in [4.78, 5) is 0.335. The number of hydrogen-bond donors (Lipinski definition) is 1. The summed E-state index contributed by atoms with van der Waals surface area (Å²) in [7, 11) is -1.27. The molecule has 1 rings (SSSR count). The number of sulfone groups is 1. The van der Waals surface area contributed by atoms with Crippen molar-refractivity contribution in [3.05, 3.63) is 28.2 Å². The van der Waals surface area contributed by atoms with Gasteiger partial charge in [-0.15, -0.1) is 0 Å². The van der Waals surface area contributed by atoms with Crippen LogP contribution in [0.4, 0.5) is 0 Å². The normalized spacial score (nSPS) is 12.8. The molecular formula is C12H18BrNO2S. The molecule has 0 spiro atoms. The second kappa shape index (κ2) is 5.08. The molecule has 1 aromatic carbocycles. The van der Waals surface area contributed by atoms with Crippen LogP contribution in [0.3, 0.4) is 0 Å². The van der Waals surface area contributed by atoms with Gasteiger partial charge in [0.05, 0.1) is 4.90 Å². The van der Waals surface area contributed by atoms with E-state index in [1.54, 1.807) is 6.07 Å². The molecule has 0 aromatic heterocycles. The summed E-state index contributed by atoms with van der Waals surface area (Å²) >= 11 is 3.33. The Kier molecular flexibility index (Phi) is 4.38. The topological polar surface area (TPSA) is 46.2 Å². The third-order valence-corrected chi connectivity index (χ3v) is 4.81. The van der Waals surface area contributed by atoms with Crippen LogP contribution >= 0.6 is 15.9 Å². The molecule has 1 aromatic rings. The molecule has 0 amide bonds. The van der Waals surface area contributed by atoms with Crippen molar-refractivity contribution in [2.75, 3.05) is 19.8 Å². The van der Waals surface area contributed by atoms with Gasteiger partial charge < -0.3 is 5.32 Å². The van der Waals surface area contributed by atoms with Gasteiger partial charge in [0.25, 0.3) is 0 Å². The molecule has 0 aliphatic carbocycles. The Hall–Kier alpha value is -0.390. The first-order valence-corrected chi connectivity index (χ1v) is 8.01. The Morgan fingerprint density at radius 1 is 1.35 bits per heavy atom. The van der Waals surface area contributed by atoms with E-state index in [9.17, 15) is 8.42 Å². The molecule has 3 nitrogen and oxygen atoms in total. The maximum Gasteiger partial charge on any atom is 0.176 e. The number of rotatable bonds is 4. The van der Waals surface area contributed by atoms with Crippen molar-refractivity contribution < 1.29 is 8.42 Å². The molecule has 0 radical (unpaired) electrons. The van der Waals surface area contributed by atoms with Gasteiger partial charge >= 0.3 is 0 Å². The molecule has 1 N–H and O–H groups in total. The summed E-state index contributed by atoms with van der Waals surface area (Å²) in [5.74, 6) is 0. The van der Waals surface area contributed by atoms with Gasteiger partial charge in [0.1, 0.15) is 0 Å². The lowest BCUT2D eigenvalue weighted by atomic mass is 9.85. The first-order valence-electron chi connectivity index (χ1n) is 5.33. The minimum Gasteiger partial charge on any atom is -0.319 e. The molecule has 0 saturated carbocycles. The van der Waals surface area contributed by atoms with Crippen LogP contribution in [0.15, 0.2) is 27.6 Å². The van der Waals surface area contributed by atoms with Gasteiger partial charge in [-0.3, -0.25) is 0 Å². The summed E-state index contributed by atoms with van der Waals surface area (Å²) in [5, 5.41) is 3.14. The fourth-order valence-corrected chi connectivity index (χ4v) is 3.76. The maximum absolute atomic E-state index is 11.5. The van der Waals surface area contributed by atoms with E-state index in [0.29, 0.717) is 9.37 Å². The maximum atomic E-state index is 11.5. The molecule has 0 aliphatic rings. The SMILES string of the molecule is CNCC(C)(C)c1ccc(S(C)(=O)=O)c(Br)c1. The van der Waals surface area contributed by atoms with E-state index in [2.05, 4.69) is 35.1 Å². The molecule has 96 valence electrons.